The van der Waals surface area contributed by atoms with Crippen molar-refractivity contribution in [3.05, 3.63) is 24.3 Å². The first kappa shape index (κ1) is 10.9. The van der Waals surface area contributed by atoms with E-state index in [1.165, 1.54) is 23.0 Å². The summed E-state index contributed by atoms with van der Waals surface area (Å²) in [7, 11) is 2.01. The molecule has 0 fully saturated rings. The van der Waals surface area contributed by atoms with Gasteiger partial charge in [0.1, 0.15) is 0 Å². The van der Waals surface area contributed by atoms with Crippen molar-refractivity contribution in [1.29, 1.82) is 0 Å². The molecular weight excluding hydrogens is 274 g/mol. The van der Waals surface area contributed by atoms with E-state index >= 15 is 0 Å². The Kier molecular flexibility index (Phi) is 5.27. The number of anilines is 1. The number of nitrogens with one attached hydrogen (secondary N) is 1. The molecule has 0 aliphatic carbocycles. The summed E-state index contributed by atoms with van der Waals surface area (Å²) in [4.78, 5) is 0. The predicted octanol–water partition coefficient (Wildman–Crippen LogP) is 2.28. The first-order valence-corrected chi connectivity index (χ1v) is 7.59. The van der Waals surface area contributed by atoms with Crippen molar-refractivity contribution < 1.29 is 0 Å². The van der Waals surface area contributed by atoms with E-state index in [2.05, 4.69) is 36.5 Å². The van der Waals surface area contributed by atoms with Gasteiger partial charge in [0.05, 0.1) is 0 Å². The van der Waals surface area contributed by atoms with Gasteiger partial charge in [0.15, 0.2) is 0 Å². The Morgan fingerprint density at radius 2 is 2.08 bits per heavy atom. The molecular formula is C11H17NTe. The Labute approximate surface area is 91.0 Å². The van der Waals surface area contributed by atoms with Crippen molar-refractivity contribution >= 4 is 30.2 Å². The van der Waals surface area contributed by atoms with Gasteiger partial charge in [0.25, 0.3) is 0 Å². The first-order chi connectivity index (χ1) is 6.38. The van der Waals surface area contributed by atoms with E-state index in [0.29, 0.717) is 0 Å². The molecule has 0 aliphatic rings. The van der Waals surface area contributed by atoms with Crippen LogP contribution in [0.3, 0.4) is 0 Å². The monoisotopic (exact) mass is 293 g/mol. The van der Waals surface area contributed by atoms with Crippen LogP contribution < -0.4 is 8.93 Å². The van der Waals surface area contributed by atoms with Crippen LogP contribution in [0.2, 0.25) is 4.47 Å². The van der Waals surface area contributed by atoms with E-state index in [9.17, 15) is 0 Å². The van der Waals surface area contributed by atoms with Gasteiger partial charge in [-0.2, -0.15) is 0 Å². The minimum absolute atomic E-state index is 0.0535. The van der Waals surface area contributed by atoms with Crippen LogP contribution in [0, 0.1) is 0 Å². The van der Waals surface area contributed by atoms with Gasteiger partial charge in [0.2, 0.25) is 0 Å². The second-order valence-electron chi connectivity index (χ2n) is 2.95. The van der Waals surface area contributed by atoms with Crippen molar-refractivity contribution in [2.24, 2.45) is 0 Å². The third kappa shape index (κ3) is 3.58. The van der Waals surface area contributed by atoms with Crippen molar-refractivity contribution in [2.75, 3.05) is 12.4 Å². The number of unbranched alkanes of at least 4 members (excludes halogenated alkanes) is 1. The SMILES string of the molecule is CCCC[Te]c1ccccc1NC. The Morgan fingerprint density at radius 1 is 1.31 bits per heavy atom. The maximum atomic E-state index is 3.25. The number of para-hydroxylation sites is 1. The van der Waals surface area contributed by atoms with Gasteiger partial charge >= 0.3 is 91.1 Å². The van der Waals surface area contributed by atoms with Gasteiger partial charge in [-0.15, -0.1) is 0 Å². The molecule has 0 aromatic heterocycles. The van der Waals surface area contributed by atoms with Gasteiger partial charge in [-0.3, -0.25) is 0 Å². The molecule has 0 bridgehead atoms. The molecule has 2 heteroatoms. The van der Waals surface area contributed by atoms with Crippen molar-refractivity contribution in [3.8, 4) is 0 Å². The van der Waals surface area contributed by atoms with Gasteiger partial charge in [0, 0.05) is 0 Å². The summed E-state index contributed by atoms with van der Waals surface area (Å²) in [6.45, 7) is 2.26. The molecule has 13 heavy (non-hydrogen) atoms. The molecule has 1 rings (SSSR count). The third-order valence-electron chi connectivity index (χ3n) is 1.91. The standard InChI is InChI=1S/C11H17NTe/c1-3-4-9-13-11-8-6-5-7-10(11)12-2/h5-8,12H,3-4,9H2,1-2H3. The van der Waals surface area contributed by atoms with E-state index in [1.807, 2.05) is 7.05 Å². The zero-order valence-corrected chi connectivity index (χ0v) is 10.7. The fourth-order valence-electron chi connectivity index (χ4n) is 1.13. The van der Waals surface area contributed by atoms with Crippen molar-refractivity contribution in [2.45, 2.75) is 24.2 Å². The van der Waals surface area contributed by atoms with Crippen LogP contribution in [0.1, 0.15) is 19.8 Å². The molecule has 0 heterocycles. The summed E-state index contributed by atoms with van der Waals surface area (Å²) in [5.41, 5.74) is 1.33. The number of rotatable bonds is 5. The molecule has 0 saturated carbocycles. The normalized spacial score (nSPS) is 10.0. The van der Waals surface area contributed by atoms with Crippen LogP contribution >= 0.6 is 0 Å². The molecule has 0 spiro atoms. The van der Waals surface area contributed by atoms with Crippen molar-refractivity contribution in [3.63, 3.8) is 0 Å². The Balaban J connectivity index is 2.54. The van der Waals surface area contributed by atoms with Crippen LogP contribution in [-0.4, -0.2) is 28.0 Å². The Bertz CT molecular complexity index is 248. The maximum absolute atomic E-state index is 3.25. The summed E-state index contributed by atoms with van der Waals surface area (Å²) < 4.78 is 3.00. The van der Waals surface area contributed by atoms with E-state index < -0.39 is 0 Å². The van der Waals surface area contributed by atoms with Crippen LogP contribution in [0.15, 0.2) is 24.3 Å². The molecule has 1 aromatic carbocycles. The van der Waals surface area contributed by atoms with Crippen LogP contribution in [0.5, 0.6) is 0 Å². The van der Waals surface area contributed by atoms with E-state index in [4.69, 9.17) is 0 Å². The number of hydrogen-bond donors (Lipinski definition) is 1. The summed E-state index contributed by atoms with van der Waals surface area (Å²) in [6, 6.07) is 8.69. The minimum atomic E-state index is 0.0535. The van der Waals surface area contributed by atoms with E-state index in [0.717, 1.165) is 0 Å². The number of benzene rings is 1. The molecule has 1 aromatic rings. The second-order valence-corrected chi connectivity index (χ2v) is 6.19. The third-order valence-corrected chi connectivity index (χ3v) is 5.22. The molecule has 0 atom stereocenters. The van der Waals surface area contributed by atoms with Gasteiger partial charge in [-0.05, 0) is 0 Å². The summed E-state index contributed by atoms with van der Waals surface area (Å²) in [6.07, 6.45) is 2.72. The molecule has 0 aliphatic heterocycles. The molecule has 1 nitrogen and oxygen atoms in total. The van der Waals surface area contributed by atoms with Crippen LogP contribution in [0.25, 0.3) is 0 Å². The molecule has 0 amide bonds. The molecule has 0 radical (unpaired) electrons. The molecule has 72 valence electrons. The Morgan fingerprint density at radius 3 is 2.77 bits per heavy atom. The fraction of sp³-hybridized carbons (Fsp3) is 0.455. The molecule has 1 N–H and O–H groups in total. The van der Waals surface area contributed by atoms with Gasteiger partial charge in [-0.1, -0.05) is 0 Å². The van der Waals surface area contributed by atoms with E-state index in [-0.39, 0.29) is 20.9 Å². The summed E-state index contributed by atoms with van der Waals surface area (Å²) in [5, 5.41) is 3.25. The molecule has 0 saturated heterocycles. The van der Waals surface area contributed by atoms with E-state index in [1.54, 1.807) is 3.61 Å². The average molecular weight is 291 g/mol. The zero-order chi connectivity index (χ0) is 9.52. The predicted molar refractivity (Wildman–Crippen MR) is 61.1 cm³/mol. The fourth-order valence-corrected chi connectivity index (χ4v) is 4.42. The summed E-state index contributed by atoms with van der Waals surface area (Å²) >= 11 is 0.0535. The second kappa shape index (κ2) is 6.29. The Hall–Kier alpha value is -0.190. The van der Waals surface area contributed by atoms with Crippen molar-refractivity contribution in [1.82, 2.24) is 0 Å². The van der Waals surface area contributed by atoms with Crippen LogP contribution in [-0.2, 0) is 0 Å². The van der Waals surface area contributed by atoms with Gasteiger partial charge < -0.3 is 0 Å². The molecule has 0 unspecified atom stereocenters. The average Bonchev–Trinajstić information content (AvgIpc) is 2.19. The quantitative estimate of drug-likeness (QED) is 0.648. The van der Waals surface area contributed by atoms with Crippen LogP contribution in [0.4, 0.5) is 5.69 Å². The topological polar surface area (TPSA) is 12.0 Å². The zero-order valence-electron chi connectivity index (χ0n) is 8.34. The number of hydrogen-bond acceptors (Lipinski definition) is 1. The van der Waals surface area contributed by atoms with Gasteiger partial charge in [-0.25, -0.2) is 0 Å². The summed E-state index contributed by atoms with van der Waals surface area (Å²) in [5.74, 6) is 0. The first-order valence-electron chi connectivity index (χ1n) is 4.78.